The molecular weight excluding hydrogens is 158 g/mol. The molecule has 0 radical (unpaired) electrons. The van der Waals surface area contributed by atoms with Crippen LogP contribution in [0.4, 0.5) is 5.69 Å². The molecule has 0 spiro atoms. The molecule has 0 bridgehead atoms. The second-order valence-corrected chi connectivity index (χ2v) is 3.49. The molecule has 0 aliphatic heterocycles. The van der Waals surface area contributed by atoms with Crippen molar-refractivity contribution in [1.29, 1.82) is 0 Å². The Hall–Kier alpha value is -0.980. The summed E-state index contributed by atoms with van der Waals surface area (Å²) in [5, 5.41) is 0. The highest BCUT2D eigenvalue weighted by molar-refractivity contribution is 5.48. The molecule has 1 heteroatoms. The van der Waals surface area contributed by atoms with Crippen LogP contribution >= 0.6 is 0 Å². The van der Waals surface area contributed by atoms with Crippen molar-refractivity contribution in [1.82, 2.24) is 0 Å². The first-order valence-electron chi connectivity index (χ1n) is 5.15. The van der Waals surface area contributed by atoms with Crippen LogP contribution in [0.3, 0.4) is 0 Å². The van der Waals surface area contributed by atoms with Gasteiger partial charge in [-0.25, -0.2) is 0 Å². The molecule has 0 saturated carbocycles. The van der Waals surface area contributed by atoms with Crippen molar-refractivity contribution < 1.29 is 0 Å². The highest BCUT2D eigenvalue weighted by Gasteiger charge is 1.98. The van der Waals surface area contributed by atoms with Crippen molar-refractivity contribution in [2.45, 2.75) is 39.5 Å². The van der Waals surface area contributed by atoms with Gasteiger partial charge in [0.1, 0.15) is 0 Å². The molecule has 72 valence electrons. The van der Waals surface area contributed by atoms with E-state index in [9.17, 15) is 0 Å². The van der Waals surface area contributed by atoms with E-state index < -0.39 is 0 Å². The van der Waals surface area contributed by atoms with E-state index in [4.69, 9.17) is 5.73 Å². The van der Waals surface area contributed by atoms with Gasteiger partial charge in [-0.1, -0.05) is 32.4 Å². The number of hydrogen-bond donors (Lipinski definition) is 1. The first kappa shape index (κ1) is 10.1. The fourth-order valence-electron chi connectivity index (χ4n) is 1.50. The fraction of sp³-hybridized carbons (Fsp3) is 0.500. The minimum Gasteiger partial charge on any atom is -0.399 e. The number of unbranched alkanes of at least 4 members (excludes halogenated alkanes) is 1. The third-order valence-electron chi connectivity index (χ3n) is 2.41. The van der Waals surface area contributed by atoms with Crippen LogP contribution in [-0.2, 0) is 12.8 Å². The lowest BCUT2D eigenvalue weighted by molar-refractivity contribution is 0.794. The molecule has 1 aromatic carbocycles. The molecule has 1 nitrogen and oxygen atoms in total. The highest BCUT2D eigenvalue weighted by atomic mass is 14.6. The summed E-state index contributed by atoms with van der Waals surface area (Å²) in [6.45, 7) is 4.37. The zero-order valence-corrected chi connectivity index (χ0v) is 8.64. The van der Waals surface area contributed by atoms with Crippen LogP contribution in [0.2, 0.25) is 0 Å². The number of aryl methyl sites for hydroxylation is 2. The van der Waals surface area contributed by atoms with Crippen LogP contribution in [0.5, 0.6) is 0 Å². The van der Waals surface area contributed by atoms with E-state index in [1.807, 2.05) is 6.07 Å². The van der Waals surface area contributed by atoms with Gasteiger partial charge >= 0.3 is 0 Å². The van der Waals surface area contributed by atoms with Crippen molar-refractivity contribution in [3.63, 3.8) is 0 Å². The van der Waals surface area contributed by atoms with Crippen molar-refractivity contribution in [2.75, 3.05) is 5.73 Å². The third kappa shape index (κ3) is 2.76. The molecule has 0 heterocycles. The van der Waals surface area contributed by atoms with Crippen LogP contribution < -0.4 is 5.73 Å². The summed E-state index contributed by atoms with van der Waals surface area (Å²) in [4.78, 5) is 0. The summed E-state index contributed by atoms with van der Waals surface area (Å²) in [6.07, 6.45) is 4.74. The summed E-state index contributed by atoms with van der Waals surface area (Å²) in [5.74, 6) is 0. The van der Waals surface area contributed by atoms with Crippen molar-refractivity contribution in [3.05, 3.63) is 29.3 Å². The lowest BCUT2D eigenvalue weighted by Gasteiger charge is -2.06. The average Bonchev–Trinajstić information content (AvgIpc) is 2.16. The molecule has 0 fully saturated rings. The van der Waals surface area contributed by atoms with Crippen molar-refractivity contribution in [3.8, 4) is 0 Å². The molecule has 0 aliphatic rings. The van der Waals surface area contributed by atoms with E-state index in [0.717, 1.165) is 12.1 Å². The molecule has 0 unspecified atom stereocenters. The fourth-order valence-corrected chi connectivity index (χ4v) is 1.50. The number of nitrogen functional groups attached to an aromatic ring is 1. The lowest BCUT2D eigenvalue weighted by Crippen LogP contribution is -1.95. The van der Waals surface area contributed by atoms with E-state index in [0.29, 0.717) is 0 Å². The number of anilines is 1. The second kappa shape index (κ2) is 4.90. The standard InChI is InChI=1S/C12H19N/c1-3-5-6-10-7-8-12(13)11(4-2)9-10/h7-9H,3-6,13H2,1-2H3. The molecule has 1 rings (SSSR count). The quantitative estimate of drug-likeness (QED) is 0.702. The zero-order valence-electron chi connectivity index (χ0n) is 8.64. The third-order valence-corrected chi connectivity index (χ3v) is 2.41. The van der Waals surface area contributed by atoms with Crippen LogP contribution in [0, 0.1) is 0 Å². The second-order valence-electron chi connectivity index (χ2n) is 3.49. The molecule has 0 atom stereocenters. The SMILES string of the molecule is CCCCc1ccc(N)c(CC)c1. The molecule has 0 aromatic heterocycles. The predicted octanol–water partition coefficient (Wildman–Crippen LogP) is 3.17. The topological polar surface area (TPSA) is 26.0 Å². The highest BCUT2D eigenvalue weighted by Crippen LogP contribution is 2.16. The van der Waals surface area contributed by atoms with E-state index in [1.165, 1.54) is 30.4 Å². The van der Waals surface area contributed by atoms with Gasteiger partial charge in [-0.2, -0.15) is 0 Å². The van der Waals surface area contributed by atoms with Crippen LogP contribution in [-0.4, -0.2) is 0 Å². The van der Waals surface area contributed by atoms with E-state index in [-0.39, 0.29) is 0 Å². The van der Waals surface area contributed by atoms with Crippen LogP contribution in [0.1, 0.15) is 37.8 Å². The lowest BCUT2D eigenvalue weighted by atomic mass is 10.0. The van der Waals surface area contributed by atoms with Crippen LogP contribution in [0.25, 0.3) is 0 Å². The van der Waals surface area contributed by atoms with Crippen molar-refractivity contribution >= 4 is 5.69 Å². The Morgan fingerprint density at radius 3 is 2.62 bits per heavy atom. The summed E-state index contributed by atoms with van der Waals surface area (Å²) in [7, 11) is 0. The Balaban J connectivity index is 2.74. The summed E-state index contributed by atoms with van der Waals surface area (Å²) in [6, 6.07) is 6.42. The molecule has 0 saturated heterocycles. The number of hydrogen-bond acceptors (Lipinski definition) is 1. The van der Waals surface area contributed by atoms with Gasteiger partial charge in [0.2, 0.25) is 0 Å². The van der Waals surface area contributed by atoms with E-state index in [2.05, 4.69) is 26.0 Å². The van der Waals surface area contributed by atoms with Gasteiger partial charge in [-0.05, 0) is 36.5 Å². The summed E-state index contributed by atoms with van der Waals surface area (Å²) < 4.78 is 0. The molecular formula is C12H19N. The number of nitrogens with two attached hydrogens (primary N) is 1. The van der Waals surface area contributed by atoms with E-state index in [1.54, 1.807) is 0 Å². The largest absolute Gasteiger partial charge is 0.399 e. The van der Waals surface area contributed by atoms with Gasteiger partial charge in [0.15, 0.2) is 0 Å². The van der Waals surface area contributed by atoms with Gasteiger partial charge in [-0.3, -0.25) is 0 Å². The maximum absolute atomic E-state index is 5.83. The maximum atomic E-state index is 5.83. The Morgan fingerprint density at radius 2 is 2.00 bits per heavy atom. The monoisotopic (exact) mass is 177 g/mol. The Kier molecular flexibility index (Phi) is 3.81. The van der Waals surface area contributed by atoms with Crippen molar-refractivity contribution in [2.24, 2.45) is 0 Å². The number of benzene rings is 1. The normalized spacial score (nSPS) is 10.3. The summed E-state index contributed by atoms with van der Waals surface area (Å²) >= 11 is 0. The summed E-state index contributed by atoms with van der Waals surface area (Å²) in [5.41, 5.74) is 9.47. The Labute approximate surface area is 81.0 Å². The van der Waals surface area contributed by atoms with Gasteiger partial charge in [0.25, 0.3) is 0 Å². The Morgan fingerprint density at radius 1 is 1.23 bits per heavy atom. The first-order chi connectivity index (χ1) is 6.27. The first-order valence-corrected chi connectivity index (χ1v) is 5.15. The molecule has 0 amide bonds. The van der Waals surface area contributed by atoms with Gasteiger partial charge in [0, 0.05) is 5.69 Å². The average molecular weight is 177 g/mol. The molecule has 0 aliphatic carbocycles. The molecule has 1 aromatic rings. The smallest absolute Gasteiger partial charge is 0.0346 e. The minimum absolute atomic E-state index is 0.933. The van der Waals surface area contributed by atoms with Crippen LogP contribution in [0.15, 0.2) is 18.2 Å². The van der Waals surface area contributed by atoms with E-state index >= 15 is 0 Å². The minimum atomic E-state index is 0.933. The molecule has 13 heavy (non-hydrogen) atoms. The zero-order chi connectivity index (χ0) is 9.68. The number of rotatable bonds is 4. The predicted molar refractivity (Wildman–Crippen MR) is 58.8 cm³/mol. The van der Waals surface area contributed by atoms with Gasteiger partial charge in [0.05, 0.1) is 0 Å². The van der Waals surface area contributed by atoms with Gasteiger partial charge in [-0.15, -0.1) is 0 Å². The Bertz CT molecular complexity index is 266. The van der Waals surface area contributed by atoms with Gasteiger partial charge < -0.3 is 5.73 Å². The maximum Gasteiger partial charge on any atom is 0.0346 e. The molecule has 2 N–H and O–H groups in total.